The standard InChI is InChI=1S/C23H18O3S/c1-2-26-18-12-13-19-20(14-18)27-23(16-6-4-3-5-7-16)21(19)22(25)15-8-10-17(24)11-9-15/h3-14,24H,2H2,1H3. The van der Waals surface area contributed by atoms with E-state index >= 15 is 0 Å². The molecule has 0 saturated carbocycles. The Bertz CT molecular complexity index is 1100. The zero-order valence-corrected chi connectivity index (χ0v) is 15.6. The molecule has 0 unspecified atom stereocenters. The highest BCUT2D eigenvalue weighted by Gasteiger charge is 2.21. The smallest absolute Gasteiger partial charge is 0.195 e. The quantitative estimate of drug-likeness (QED) is 0.442. The van der Waals surface area contributed by atoms with Crippen LogP contribution in [0.3, 0.4) is 0 Å². The fraction of sp³-hybridized carbons (Fsp3) is 0.0870. The normalized spacial score (nSPS) is 10.9. The third-order valence-corrected chi connectivity index (χ3v) is 5.57. The van der Waals surface area contributed by atoms with Crippen LogP contribution < -0.4 is 4.74 Å². The van der Waals surface area contributed by atoms with E-state index in [4.69, 9.17) is 4.74 Å². The molecule has 3 aromatic carbocycles. The van der Waals surface area contributed by atoms with Gasteiger partial charge in [0, 0.05) is 26.1 Å². The number of fused-ring (bicyclic) bond motifs is 1. The minimum atomic E-state index is -0.0516. The van der Waals surface area contributed by atoms with Gasteiger partial charge in [-0.3, -0.25) is 4.79 Å². The van der Waals surface area contributed by atoms with Gasteiger partial charge >= 0.3 is 0 Å². The molecule has 0 radical (unpaired) electrons. The Kier molecular flexibility index (Phi) is 4.65. The Balaban J connectivity index is 1.93. The number of phenolic OH excluding ortho intramolecular Hbond substituents is 1. The van der Waals surface area contributed by atoms with Crippen molar-refractivity contribution in [2.45, 2.75) is 6.92 Å². The molecule has 0 amide bonds. The highest BCUT2D eigenvalue weighted by Crippen LogP contribution is 2.41. The Labute approximate surface area is 161 Å². The summed E-state index contributed by atoms with van der Waals surface area (Å²) in [6.07, 6.45) is 0. The summed E-state index contributed by atoms with van der Waals surface area (Å²) in [7, 11) is 0. The van der Waals surface area contributed by atoms with Crippen LogP contribution in [0.1, 0.15) is 22.8 Å². The fourth-order valence-electron chi connectivity index (χ4n) is 3.11. The fourth-order valence-corrected chi connectivity index (χ4v) is 4.34. The van der Waals surface area contributed by atoms with Gasteiger partial charge in [-0.05, 0) is 55.0 Å². The van der Waals surface area contributed by atoms with Crippen molar-refractivity contribution in [3.63, 3.8) is 0 Å². The van der Waals surface area contributed by atoms with E-state index in [9.17, 15) is 9.90 Å². The van der Waals surface area contributed by atoms with Gasteiger partial charge in [-0.15, -0.1) is 11.3 Å². The summed E-state index contributed by atoms with van der Waals surface area (Å²) in [6.45, 7) is 2.55. The van der Waals surface area contributed by atoms with Gasteiger partial charge in [0.1, 0.15) is 11.5 Å². The number of hydrogen-bond donors (Lipinski definition) is 1. The van der Waals surface area contributed by atoms with Crippen LogP contribution in [0.25, 0.3) is 20.5 Å². The maximum atomic E-state index is 13.3. The van der Waals surface area contributed by atoms with E-state index in [0.29, 0.717) is 17.7 Å². The molecule has 0 bridgehead atoms. The van der Waals surface area contributed by atoms with Gasteiger partial charge in [0.2, 0.25) is 0 Å². The number of ketones is 1. The van der Waals surface area contributed by atoms with Crippen LogP contribution in [0.15, 0.2) is 72.8 Å². The minimum Gasteiger partial charge on any atom is -0.508 e. The molecular weight excluding hydrogens is 356 g/mol. The lowest BCUT2D eigenvalue weighted by Crippen LogP contribution is -2.02. The van der Waals surface area contributed by atoms with E-state index in [1.165, 1.54) is 12.1 Å². The molecular formula is C23H18O3S. The van der Waals surface area contributed by atoms with Crippen molar-refractivity contribution in [3.05, 3.63) is 83.9 Å². The highest BCUT2D eigenvalue weighted by atomic mass is 32.1. The molecule has 0 aliphatic carbocycles. The number of hydrogen-bond acceptors (Lipinski definition) is 4. The van der Waals surface area contributed by atoms with E-state index < -0.39 is 0 Å². The topological polar surface area (TPSA) is 46.5 Å². The SMILES string of the molecule is CCOc1ccc2c(C(=O)c3ccc(O)cc3)c(-c3ccccc3)sc2c1. The second-order valence-corrected chi connectivity index (χ2v) is 7.19. The molecule has 27 heavy (non-hydrogen) atoms. The van der Waals surface area contributed by atoms with Gasteiger partial charge in [0.15, 0.2) is 5.78 Å². The molecule has 4 heteroatoms. The largest absolute Gasteiger partial charge is 0.508 e. The average Bonchev–Trinajstić information content (AvgIpc) is 3.08. The molecule has 0 spiro atoms. The van der Waals surface area contributed by atoms with Crippen LogP contribution in [0.5, 0.6) is 11.5 Å². The van der Waals surface area contributed by atoms with E-state index in [1.807, 2.05) is 55.5 Å². The Morgan fingerprint density at radius 2 is 1.74 bits per heavy atom. The lowest BCUT2D eigenvalue weighted by molar-refractivity contribution is 0.104. The lowest BCUT2D eigenvalue weighted by atomic mass is 9.97. The number of phenols is 1. The first-order valence-electron chi connectivity index (χ1n) is 8.76. The number of aromatic hydroxyl groups is 1. The molecule has 3 nitrogen and oxygen atoms in total. The number of carbonyl (C=O) groups excluding carboxylic acids is 1. The Morgan fingerprint density at radius 3 is 2.44 bits per heavy atom. The zero-order chi connectivity index (χ0) is 18.8. The van der Waals surface area contributed by atoms with Crippen LogP contribution in [0.2, 0.25) is 0 Å². The summed E-state index contributed by atoms with van der Waals surface area (Å²) in [5.41, 5.74) is 2.26. The first-order chi connectivity index (χ1) is 13.2. The van der Waals surface area contributed by atoms with Crippen molar-refractivity contribution >= 4 is 27.2 Å². The van der Waals surface area contributed by atoms with Crippen molar-refractivity contribution in [2.24, 2.45) is 0 Å². The van der Waals surface area contributed by atoms with Crippen molar-refractivity contribution in [3.8, 4) is 21.9 Å². The first kappa shape index (κ1) is 17.3. The molecule has 0 atom stereocenters. The number of carbonyl (C=O) groups is 1. The van der Waals surface area contributed by atoms with Gasteiger partial charge in [-0.1, -0.05) is 30.3 Å². The summed E-state index contributed by atoms with van der Waals surface area (Å²) in [5.74, 6) is 0.894. The van der Waals surface area contributed by atoms with Crippen LogP contribution in [-0.2, 0) is 0 Å². The highest BCUT2D eigenvalue weighted by molar-refractivity contribution is 7.22. The predicted molar refractivity (Wildman–Crippen MR) is 110 cm³/mol. The lowest BCUT2D eigenvalue weighted by Gasteiger charge is -2.06. The third-order valence-electron chi connectivity index (χ3n) is 4.37. The van der Waals surface area contributed by atoms with E-state index in [2.05, 4.69) is 0 Å². The summed E-state index contributed by atoms with van der Waals surface area (Å²) in [5, 5.41) is 10.4. The molecule has 0 aliphatic heterocycles. The van der Waals surface area contributed by atoms with Crippen LogP contribution >= 0.6 is 11.3 Å². The van der Waals surface area contributed by atoms with E-state index in [1.54, 1.807) is 23.5 Å². The van der Waals surface area contributed by atoms with Gasteiger partial charge in [-0.25, -0.2) is 0 Å². The summed E-state index contributed by atoms with van der Waals surface area (Å²) >= 11 is 1.59. The molecule has 1 aromatic heterocycles. The molecule has 4 rings (SSSR count). The van der Waals surface area contributed by atoms with Crippen molar-refractivity contribution < 1.29 is 14.6 Å². The van der Waals surface area contributed by atoms with Crippen LogP contribution in [0.4, 0.5) is 0 Å². The Morgan fingerprint density at radius 1 is 1.00 bits per heavy atom. The van der Waals surface area contributed by atoms with Crippen molar-refractivity contribution in [1.29, 1.82) is 0 Å². The predicted octanol–water partition coefficient (Wildman–Crippen LogP) is 5.90. The van der Waals surface area contributed by atoms with Crippen LogP contribution in [0, 0.1) is 0 Å². The molecule has 4 aromatic rings. The van der Waals surface area contributed by atoms with Crippen LogP contribution in [-0.4, -0.2) is 17.5 Å². The number of rotatable bonds is 5. The van der Waals surface area contributed by atoms with Gasteiger partial charge in [0.25, 0.3) is 0 Å². The zero-order valence-electron chi connectivity index (χ0n) is 14.8. The third kappa shape index (κ3) is 3.32. The number of thiophene rings is 1. The van der Waals surface area contributed by atoms with Gasteiger partial charge in [0.05, 0.1) is 6.61 Å². The second kappa shape index (κ2) is 7.25. The van der Waals surface area contributed by atoms with Crippen molar-refractivity contribution in [2.75, 3.05) is 6.61 Å². The molecule has 0 saturated heterocycles. The van der Waals surface area contributed by atoms with Crippen molar-refractivity contribution in [1.82, 2.24) is 0 Å². The molecule has 1 N–H and O–H groups in total. The molecule has 1 heterocycles. The maximum absolute atomic E-state index is 13.3. The Hall–Kier alpha value is -3.11. The maximum Gasteiger partial charge on any atom is 0.195 e. The molecule has 134 valence electrons. The first-order valence-corrected chi connectivity index (χ1v) is 9.57. The summed E-state index contributed by atoms with van der Waals surface area (Å²) < 4.78 is 6.64. The summed E-state index contributed by atoms with van der Waals surface area (Å²) in [6, 6.07) is 22.2. The molecule has 0 aliphatic rings. The van der Waals surface area contributed by atoms with Gasteiger partial charge in [-0.2, -0.15) is 0 Å². The van der Waals surface area contributed by atoms with Gasteiger partial charge < -0.3 is 9.84 Å². The monoisotopic (exact) mass is 374 g/mol. The minimum absolute atomic E-state index is 0.0516. The number of ether oxygens (including phenoxy) is 1. The molecule has 0 fully saturated rings. The second-order valence-electron chi connectivity index (χ2n) is 6.14. The number of benzene rings is 3. The summed E-state index contributed by atoms with van der Waals surface area (Å²) in [4.78, 5) is 14.3. The van der Waals surface area contributed by atoms with E-state index in [0.717, 1.165) is 26.3 Å². The van der Waals surface area contributed by atoms with E-state index in [-0.39, 0.29) is 11.5 Å². The average molecular weight is 374 g/mol.